The van der Waals surface area contributed by atoms with Crippen molar-refractivity contribution in [2.24, 2.45) is 13.0 Å². The van der Waals surface area contributed by atoms with Crippen molar-refractivity contribution in [3.8, 4) is 16.6 Å². The molecule has 1 aliphatic rings. The first kappa shape index (κ1) is 25.1. The summed E-state index contributed by atoms with van der Waals surface area (Å²) >= 11 is 1.06. The van der Waals surface area contributed by atoms with Gasteiger partial charge in [0, 0.05) is 43.4 Å². The first-order chi connectivity index (χ1) is 16.4. The zero-order valence-corrected chi connectivity index (χ0v) is 20.7. The molecule has 14 heteroatoms. The molecule has 3 aromatic rings. The molecule has 2 atom stereocenters. The minimum atomic E-state index is -4.67. The number of nitrogens with zero attached hydrogens (tertiary/aromatic N) is 6. The van der Waals surface area contributed by atoms with Gasteiger partial charge in [-0.2, -0.15) is 27.8 Å². The lowest BCUT2D eigenvalue weighted by Gasteiger charge is -2.36. The highest BCUT2D eigenvalue weighted by Gasteiger charge is 2.37. The molecule has 1 aliphatic heterocycles. The van der Waals surface area contributed by atoms with Crippen LogP contribution in [0, 0.1) is 24.2 Å². The van der Waals surface area contributed by atoms with Crippen molar-refractivity contribution in [2.75, 3.05) is 18.4 Å². The zero-order chi connectivity index (χ0) is 25.5. The SMILES string of the molecule is Cc1sc(-c2nc(N[C@H]3CCN(S(=O)(=O)c4cnn(C)c4)C[C@H]3C)ncc2C(F)(F)F)cc1C#N. The number of rotatable bonds is 5. The van der Waals surface area contributed by atoms with Crippen molar-refractivity contribution in [3.63, 3.8) is 0 Å². The Morgan fingerprint density at radius 2 is 2.06 bits per heavy atom. The molecule has 0 bridgehead atoms. The second-order valence-electron chi connectivity index (χ2n) is 8.38. The molecule has 0 spiro atoms. The molecule has 0 saturated carbocycles. The molecule has 1 N–H and O–H groups in total. The monoisotopic (exact) mass is 525 g/mol. The smallest absolute Gasteiger partial charge is 0.351 e. The summed E-state index contributed by atoms with van der Waals surface area (Å²) in [4.78, 5) is 8.97. The van der Waals surface area contributed by atoms with Gasteiger partial charge in [0.05, 0.1) is 22.3 Å². The van der Waals surface area contributed by atoms with E-state index in [1.165, 1.54) is 27.4 Å². The number of alkyl halides is 3. The largest absolute Gasteiger partial charge is 0.420 e. The van der Waals surface area contributed by atoms with Crippen LogP contribution in [0.15, 0.2) is 29.6 Å². The van der Waals surface area contributed by atoms with Crippen LogP contribution in [0.2, 0.25) is 0 Å². The van der Waals surface area contributed by atoms with Crippen LogP contribution >= 0.6 is 11.3 Å². The van der Waals surface area contributed by atoms with Crippen molar-refractivity contribution < 1.29 is 21.6 Å². The Morgan fingerprint density at radius 1 is 1.31 bits per heavy atom. The van der Waals surface area contributed by atoms with E-state index in [0.717, 1.165) is 17.5 Å². The second-order valence-corrected chi connectivity index (χ2v) is 11.6. The number of hydrogen-bond donors (Lipinski definition) is 1. The maximum absolute atomic E-state index is 13.6. The lowest BCUT2D eigenvalue weighted by Crippen LogP contribution is -2.47. The van der Waals surface area contributed by atoms with E-state index in [-0.39, 0.29) is 46.5 Å². The molecule has 1 fully saturated rings. The normalized spacial score (nSPS) is 19.5. The predicted molar refractivity (Wildman–Crippen MR) is 123 cm³/mol. The molecule has 4 rings (SSSR count). The summed E-state index contributed by atoms with van der Waals surface area (Å²) in [6.45, 7) is 3.96. The number of aryl methyl sites for hydroxylation is 2. The van der Waals surface area contributed by atoms with Gasteiger partial charge in [-0.1, -0.05) is 6.92 Å². The summed E-state index contributed by atoms with van der Waals surface area (Å²) in [7, 11) is -2.06. The summed E-state index contributed by atoms with van der Waals surface area (Å²) in [6, 6.07) is 3.11. The van der Waals surface area contributed by atoms with Crippen molar-refractivity contribution in [1.82, 2.24) is 24.1 Å². The molecule has 9 nitrogen and oxygen atoms in total. The highest BCUT2D eigenvalue weighted by Crippen LogP contribution is 2.39. The van der Waals surface area contributed by atoms with Crippen LogP contribution in [0.4, 0.5) is 19.1 Å². The fourth-order valence-corrected chi connectivity index (χ4v) is 6.46. The molecule has 0 unspecified atom stereocenters. The Labute approximate surface area is 204 Å². The van der Waals surface area contributed by atoms with Crippen LogP contribution in [-0.2, 0) is 23.2 Å². The minimum absolute atomic E-state index is 0.0120. The molecule has 4 heterocycles. The Morgan fingerprint density at radius 3 is 2.63 bits per heavy atom. The van der Waals surface area contributed by atoms with Gasteiger partial charge in [-0.25, -0.2) is 18.4 Å². The molecule has 0 aromatic carbocycles. The van der Waals surface area contributed by atoms with E-state index in [0.29, 0.717) is 16.9 Å². The molecule has 0 aliphatic carbocycles. The maximum atomic E-state index is 13.6. The van der Waals surface area contributed by atoms with Gasteiger partial charge in [0.15, 0.2) is 0 Å². The standard InChI is InChI=1S/C21H22F3N7O2S2/c1-12-10-31(35(32,33)15-8-27-30(3)11-15)5-4-17(12)28-20-26-9-16(21(22,23)24)19(29-20)18-6-14(7-25)13(2)34-18/h6,8-9,11-12,17H,4-5,10H2,1-3H3,(H,26,28,29)/t12-,17+/m1/s1. The number of piperidine rings is 1. The van der Waals surface area contributed by atoms with E-state index in [1.54, 1.807) is 14.0 Å². The van der Waals surface area contributed by atoms with E-state index < -0.39 is 21.8 Å². The lowest BCUT2D eigenvalue weighted by atomic mass is 9.95. The Kier molecular flexibility index (Phi) is 6.60. The molecule has 0 radical (unpaired) electrons. The first-order valence-corrected chi connectivity index (χ1v) is 12.9. The molecule has 3 aromatic heterocycles. The van der Waals surface area contributed by atoms with E-state index in [4.69, 9.17) is 0 Å². The number of aromatic nitrogens is 4. The van der Waals surface area contributed by atoms with Gasteiger partial charge in [-0.05, 0) is 25.3 Å². The lowest BCUT2D eigenvalue weighted by molar-refractivity contribution is -0.137. The molecule has 186 valence electrons. The van der Waals surface area contributed by atoms with E-state index in [1.807, 2.05) is 13.0 Å². The number of hydrogen-bond acceptors (Lipinski definition) is 8. The van der Waals surface area contributed by atoms with Gasteiger partial charge in [-0.3, -0.25) is 4.68 Å². The van der Waals surface area contributed by atoms with Gasteiger partial charge < -0.3 is 5.32 Å². The minimum Gasteiger partial charge on any atom is -0.351 e. The number of halogens is 3. The van der Waals surface area contributed by atoms with Crippen molar-refractivity contribution in [1.29, 1.82) is 5.26 Å². The fraction of sp³-hybridized carbons (Fsp3) is 0.429. The molecule has 0 amide bonds. The first-order valence-electron chi connectivity index (χ1n) is 10.6. The van der Waals surface area contributed by atoms with Crippen LogP contribution in [0.3, 0.4) is 0 Å². The van der Waals surface area contributed by atoms with Crippen molar-refractivity contribution >= 4 is 27.3 Å². The molecule has 1 saturated heterocycles. The number of sulfonamides is 1. The summed E-state index contributed by atoms with van der Waals surface area (Å²) in [5.74, 6) is -0.156. The van der Waals surface area contributed by atoms with Crippen LogP contribution in [0.5, 0.6) is 0 Å². The summed E-state index contributed by atoms with van der Waals surface area (Å²) in [5, 5.41) is 16.2. The van der Waals surface area contributed by atoms with Crippen LogP contribution in [-0.4, -0.2) is 51.6 Å². The Balaban J connectivity index is 1.56. The van der Waals surface area contributed by atoms with Gasteiger partial charge in [0.25, 0.3) is 0 Å². The third-order valence-corrected chi connectivity index (χ3v) is 8.74. The van der Waals surface area contributed by atoms with E-state index >= 15 is 0 Å². The van der Waals surface area contributed by atoms with Gasteiger partial charge in [-0.15, -0.1) is 11.3 Å². The zero-order valence-electron chi connectivity index (χ0n) is 19.0. The topological polar surface area (TPSA) is 117 Å². The van der Waals surface area contributed by atoms with Gasteiger partial charge >= 0.3 is 6.18 Å². The van der Waals surface area contributed by atoms with Crippen LogP contribution in [0.1, 0.15) is 29.3 Å². The van der Waals surface area contributed by atoms with E-state index in [2.05, 4.69) is 20.4 Å². The number of nitrogens with one attached hydrogen (secondary N) is 1. The van der Waals surface area contributed by atoms with Crippen molar-refractivity contribution in [3.05, 3.63) is 40.7 Å². The molecular formula is C21H22F3N7O2S2. The fourth-order valence-electron chi connectivity index (χ4n) is 3.94. The average molecular weight is 526 g/mol. The quantitative estimate of drug-likeness (QED) is 0.540. The average Bonchev–Trinajstić information content (AvgIpc) is 3.40. The van der Waals surface area contributed by atoms with Crippen LogP contribution < -0.4 is 5.32 Å². The third-order valence-electron chi connectivity index (χ3n) is 5.87. The Bertz CT molecular complexity index is 1390. The summed E-state index contributed by atoms with van der Waals surface area (Å²) in [6.07, 6.45) is -0.787. The number of anilines is 1. The predicted octanol–water partition coefficient (Wildman–Crippen LogP) is 3.65. The Hall–Kier alpha value is -3.02. The number of nitriles is 1. The third kappa shape index (κ3) is 5.02. The van der Waals surface area contributed by atoms with Crippen molar-refractivity contribution in [2.45, 2.75) is 37.4 Å². The van der Waals surface area contributed by atoms with Gasteiger partial charge in [0.2, 0.25) is 16.0 Å². The molecule has 35 heavy (non-hydrogen) atoms. The summed E-state index contributed by atoms with van der Waals surface area (Å²) < 4.78 is 69.5. The van der Waals surface area contributed by atoms with Gasteiger partial charge in [0.1, 0.15) is 16.5 Å². The van der Waals surface area contributed by atoms with Crippen LogP contribution in [0.25, 0.3) is 10.6 Å². The maximum Gasteiger partial charge on any atom is 0.420 e. The molecular weight excluding hydrogens is 503 g/mol. The second kappa shape index (κ2) is 9.21. The number of thiophene rings is 1. The summed E-state index contributed by atoms with van der Waals surface area (Å²) in [5.41, 5.74) is -0.991. The van der Waals surface area contributed by atoms with E-state index in [9.17, 15) is 26.9 Å². The highest BCUT2D eigenvalue weighted by atomic mass is 32.2. The highest BCUT2D eigenvalue weighted by molar-refractivity contribution is 7.89.